The first kappa shape index (κ1) is 21.5. The maximum absolute atomic E-state index is 5.63. The predicted molar refractivity (Wildman–Crippen MR) is 95.9 cm³/mol. The lowest BCUT2D eigenvalue weighted by Crippen LogP contribution is -2.42. The molecule has 2 atom stereocenters. The molecule has 0 aliphatic heterocycles. The van der Waals surface area contributed by atoms with Crippen molar-refractivity contribution in [3.63, 3.8) is 0 Å². The quantitative estimate of drug-likeness (QED) is 0.429. The van der Waals surface area contributed by atoms with Crippen LogP contribution >= 0.6 is 0 Å². The van der Waals surface area contributed by atoms with Crippen molar-refractivity contribution in [1.29, 1.82) is 0 Å². The fraction of sp³-hybridized carbons (Fsp3) is 0.667. The summed E-state index contributed by atoms with van der Waals surface area (Å²) in [6.07, 6.45) is 0. The van der Waals surface area contributed by atoms with Crippen LogP contribution in [0.4, 0.5) is 0 Å². The summed E-state index contributed by atoms with van der Waals surface area (Å²) < 4.78 is 9.74. The van der Waals surface area contributed by atoms with Gasteiger partial charge in [-0.05, 0) is 41.9 Å². The molecule has 0 saturated carbocycles. The van der Waals surface area contributed by atoms with Crippen molar-refractivity contribution in [1.82, 2.24) is 0 Å². The molecule has 0 N–H and O–H groups in total. The third-order valence-electron chi connectivity index (χ3n) is 5.24. The van der Waals surface area contributed by atoms with E-state index in [9.17, 15) is 0 Å². The first-order valence-electron chi connectivity index (χ1n) is 7.97. The zero-order valence-corrected chi connectivity index (χ0v) is 17.9. The van der Waals surface area contributed by atoms with E-state index >= 15 is 0 Å². The summed E-state index contributed by atoms with van der Waals surface area (Å²) in [5, 5.41) is 0. The lowest BCUT2D eigenvalue weighted by atomic mass is 9.70. The standard InChI is InChI=1S/C18H28O4Si2/c1-15(2,3)17(7,19-21-23)13-10-9-11-14(12-13)18(8,20-22-24)16(4,5)6/h9-12H,1-8H3. The summed E-state index contributed by atoms with van der Waals surface area (Å²) in [6.45, 7) is 16.6. The maximum atomic E-state index is 5.63. The van der Waals surface area contributed by atoms with Crippen LogP contribution in [-0.2, 0) is 30.1 Å². The minimum atomic E-state index is -0.668. The Bertz CT molecular complexity index is 505. The van der Waals surface area contributed by atoms with Crippen LogP contribution in [0.15, 0.2) is 24.3 Å². The molecule has 0 aliphatic rings. The van der Waals surface area contributed by atoms with Gasteiger partial charge in [0.15, 0.2) is 0 Å². The topological polar surface area (TPSA) is 36.9 Å². The molecule has 2 unspecified atom stereocenters. The van der Waals surface area contributed by atoms with E-state index in [1.807, 2.05) is 32.0 Å². The second-order valence-electron chi connectivity index (χ2n) is 8.48. The van der Waals surface area contributed by atoms with Crippen LogP contribution in [0.5, 0.6) is 0 Å². The largest absolute Gasteiger partial charge is 0.302 e. The second-order valence-corrected chi connectivity index (χ2v) is 8.81. The first-order chi connectivity index (χ1) is 10.8. The molecule has 1 aromatic rings. The summed E-state index contributed by atoms with van der Waals surface area (Å²) in [4.78, 5) is 11.3. The van der Waals surface area contributed by atoms with Crippen molar-refractivity contribution in [3.05, 3.63) is 35.4 Å². The van der Waals surface area contributed by atoms with Crippen LogP contribution < -0.4 is 0 Å². The minimum Gasteiger partial charge on any atom is -0.288 e. The normalized spacial score (nSPS) is 18.1. The van der Waals surface area contributed by atoms with Crippen LogP contribution in [0, 0.1) is 10.8 Å². The highest BCUT2D eigenvalue weighted by molar-refractivity contribution is 5.97. The molecule has 4 nitrogen and oxygen atoms in total. The molecule has 0 aromatic heterocycles. The fourth-order valence-electron chi connectivity index (χ4n) is 2.49. The van der Waals surface area contributed by atoms with Crippen LogP contribution in [0.3, 0.4) is 0 Å². The molecule has 0 heterocycles. The zero-order valence-electron chi connectivity index (χ0n) is 15.9. The molecule has 132 valence electrons. The van der Waals surface area contributed by atoms with E-state index in [0.29, 0.717) is 0 Å². The lowest BCUT2D eigenvalue weighted by Gasteiger charge is -2.43. The van der Waals surface area contributed by atoms with Gasteiger partial charge in [-0.2, -0.15) is 0 Å². The molecule has 0 amide bonds. The third kappa shape index (κ3) is 4.00. The van der Waals surface area contributed by atoms with Crippen LogP contribution in [-0.4, -0.2) is 21.0 Å². The van der Waals surface area contributed by atoms with Crippen molar-refractivity contribution in [2.75, 3.05) is 0 Å². The van der Waals surface area contributed by atoms with E-state index < -0.39 is 11.2 Å². The van der Waals surface area contributed by atoms with Crippen molar-refractivity contribution in [2.24, 2.45) is 10.8 Å². The number of rotatable bonds is 6. The Morgan fingerprint density at radius 1 is 0.667 bits per heavy atom. The van der Waals surface area contributed by atoms with Crippen LogP contribution in [0.1, 0.15) is 66.5 Å². The van der Waals surface area contributed by atoms with E-state index in [4.69, 9.17) is 18.9 Å². The van der Waals surface area contributed by atoms with E-state index in [2.05, 4.69) is 68.6 Å². The molecular formula is C18H28O4Si2. The molecule has 6 heteroatoms. The molecule has 0 aliphatic carbocycles. The van der Waals surface area contributed by atoms with Crippen LogP contribution in [0.25, 0.3) is 0 Å². The summed E-state index contributed by atoms with van der Waals surface area (Å²) in [5.41, 5.74) is 0.222. The van der Waals surface area contributed by atoms with Gasteiger partial charge in [0.1, 0.15) is 11.2 Å². The fourth-order valence-corrected chi connectivity index (χ4v) is 2.82. The third-order valence-corrected chi connectivity index (χ3v) is 5.41. The number of benzene rings is 1. The summed E-state index contributed by atoms with van der Waals surface area (Å²) in [5.74, 6) is 0. The highest BCUT2D eigenvalue weighted by Crippen LogP contribution is 2.46. The monoisotopic (exact) mass is 364 g/mol. The van der Waals surface area contributed by atoms with Gasteiger partial charge in [0.05, 0.1) is 0 Å². The van der Waals surface area contributed by atoms with Gasteiger partial charge in [-0.1, -0.05) is 59.7 Å². The molecular weight excluding hydrogens is 336 g/mol. The maximum Gasteiger partial charge on any atom is 0.302 e. The average Bonchev–Trinajstić information content (AvgIpc) is 2.45. The second kappa shape index (κ2) is 7.39. The minimum absolute atomic E-state index is 0.206. The van der Waals surface area contributed by atoms with Gasteiger partial charge >= 0.3 is 21.0 Å². The van der Waals surface area contributed by atoms with Gasteiger partial charge in [0, 0.05) is 0 Å². The highest BCUT2D eigenvalue weighted by atomic mass is 28.2. The molecule has 1 aromatic carbocycles. The Morgan fingerprint density at radius 3 is 1.25 bits per heavy atom. The molecule has 0 spiro atoms. The summed E-state index contributed by atoms with van der Waals surface area (Å²) in [6, 6.07) is 8.12. The molecule has 0 fully saturated rings. The lowest BCUT2D eigenvalue weighted by molar-refractivity contribution is -0.323. The number of hydrogen-bond acceptors (Lipinski definition) is 4. The van der Waals surface area contributed by atoms with Gasteiger partial charge < -0.3 is 0 Å². The SMILES string of the molecule is CC(C)(C)C(C)(OO[Si])c1cccc(C(C)(OO[Si])C(C)(C)C)c1. The van der Waals surface area contributed by atoms with E-state index in [1.165, 1.54) is 0 Å². The van der Waals surface area contributed by atoms with Crippen molar-refractivity contribution < 1.29 is 18.9 Å². The molecule has 0 saturated heterocycles. The smallest absolute Gasteiger partial charge is 0.288 e. The molecule has 0 bridgehead atoms. The Balaban J connectivity index is 3.50. The Kier molecular flexibility index (Phi) is 6.63. The Labute approximate surface area is 153 Å². The van der Waals surface area contributed by atoms with E-state index in [1.54, 1.807) is 0 Å². The molecule has 1 rings (SSSR count). The van der Waals surface area contributed by atoms with Crippen molar-refractivity contribution in [3.8, 4) is 0 Å². The Hall–Kier alpha value is -0.506. The van der Waals surface area contributed by atoms with Gasteiger partial charge in [-0.15, -0.1) is 0 Å². The molecule has 6 radical (unpaired) electrons. The van der Waals surface area contributed by atoms with E-state index in [-0.39, 0.29) is 10.8 Å². The Morgan fingerprint density at radius 2 is 1.00 bits per heavy atom. The number of hydrogen-bond donors (Lipinski definition) is 0. The van der Waals surface area contributed by atoms with Crippen molar-refractivity contribution in [2.45, 2.75) is 66.6 Å². The highest BCUT2D eigenvalue weighted by Gasteiger charge is 2.45. The van der Waals surface area contributed by atoms with Gasteiger partial charge in [-0.3, -0.25) is 9.15 Å². The average molecular weight is 365 g/mol. The first-order valence-corrected chi connectivity index (χ1v) is 8.79. The predicted octanol–water partition coefficient (Wildman–Crippen LogP) is 4.27. The zero-order chi connectivity index (χ0) is 18.8. The summed E-state index contributed by atoms with van der Waals surface area (Å²) >= 11 is 0. The van der Waals surface area contributed by atoms with E-state index in [0.717, 1.165) is 11.1 Å². The van der Waals surface area contributed by atoms with Crippen molar-refractivity contribution >= 4 is 21.0 Å². The molecule has 24 heavy (non-hydrogen) atoms. The van der Waals surface area contributed by atoms with Gasteiger partial charge in [-0.25, -0.2) is 9.78 Å². The summed E-state index contributed by atoms with van der Waals surface area (Å²) in [7, 11) is 5.93. The van der Waals surface area contributed by atoms with Crippen LogP contribution in [0.2, 0.25) is 0 Å². The van der Waals surface area contributed by atoms with Gasteiger partial charge in [0.2, 0.25) is 0 Å². The van der Waals surface area contributed by atoms with Gasteiger partial charge in [0.25, 0.3) is 0 Å².